The summed E-state index contributed by atoms with van der Waals surface area (Å²) in [5, 5.41) is 1.80. The van der Waals surface area contributed by atoms with Gasteiger partial charge in [0.25, 0.3) is 0 Å². The number of rotatable bonds is 4. The molecular weight excluding hydrogens is 188 g/mol. The maximum absolute atomic E-state index is 11.7. The Labute approximate surface area is 90.4 Å². The molecule has 15 heavy (non-hydrogen) atoms. The first-order valence-corrected chi connectivity index (χ1v) is 4.81. The Kier molecular flexibility index (Phi) is 4.06. The van der Waals surface area contributed by atoms with E-state index in [4.69, 9.17) is 0 Å². The Hall–Kier alpha value is -1.61. The van der Waals surface area contributed by atoms with Crippen LogP contribution in [0.1, 0.15) is 17.3 Å². The summed E-state index contributed by atoms with van der Waals surface area (Å²) in [4.78, 5) is 11.7. The topological polar surface area (TPSA) is 32.3 Å². The Morgan fingerprint density at radius 2 is 1.87 bits per heavy atom. The molecule has 0 amide bonds. The van der Waals surface area contributed by atoms with E-state index in [-0.39, 0.29) is 5.78 Å². The molecule has 1 N–H and O–H groups in total. The molecule has 0 radical (unpaired) electrons. The van der Waals surface area contributed by atoms with Crippen molar-refractivity contribution < 1.29 is 4.79 Å². The Morgan fingerprint density at radius 3 is 2.40 bits per heavy atom. The third-order valence-corrected chi connectivity index (χ3v) is 1.81. The molecule has 0 spiro atoms. The number of hydrogen-bond donors (Lipinski definition) is 1. The van der Waals surface area contributed by atoms with Crippen LogP contribution in [-0.2, 0) is 0 Å². The molecule has 0 saturated carbocycles. The summed E-state index contributed by atoms with van der Waals surface area (Å²) < 4.78 is 0. The van der Waals surface area contributed by atoms with E-state index in [1.807, 2.05) is 51.4 Å². The predicted octanol–water partition coefficient (Wildman–Crippen LogP) is 1.84. The zero-order chi connectivity index (χ0) is 11.3. The highest BCUT2D eigenvalue weighted by Gasteiger charge is 2.01. The van der Waals surface area contributed by atoms with Gasteiger partial charge in [-0.1, -0.05) is 30.3 Å². The minimum absolute atomic E-state index is 0.0162. The number of benzene rings is 1. The van der Waals surface area contributed by atoms with Crippen molar-refractivity contribution in [1.82, 2.24) is 10.4 Å². The molecule has 1 rings (SSSR count). The van der Waals surface area contributed by atoms with Gasteiger partial charge in [-0.15, -0.1) is 0 Å². The van der Waals surface area contributed by atoms with E-state index in [0.29, 0.717) is 5.56 Å². The van der Waals surface area contributed by atoms with Gasteiger partial charge in [-0.2, -0.15) is 0 Å². The van der Waals surface area contributed by atoms with Crippen molar-refractivity contribution in [2.24, 2.45) is 0 Å². The van der Waals surface area contributed by atoms with Crippen LogP contribution in [0, 0.1) is 0 Å². The summed E-state index contributed by atoms with van der Waals surface area (Å²) in [6.07, 6.45) is 1.59. The Morgan fingerprint density at radius 1 is 1.27 bits per heavy atom. The number of carbonyl (C=O) groups is 1. The molecule has 0 atom stereocenters. The first kappa shape index (κ1) is 11.5. The number of nitrogens with one attached hydrogen (secondary N) is 1. The average Bonchev–Trinajstić information content (AvgIpc) is 2.17. The lowest BCUT2D eigenvalue weighted by Crippen LogP contribution is -2.28. The van der Waals surface area contributed by atoms with E-state index < -0.39 is 0 Å². The zero-order valence-electron chi connectivity index (χ0n) is 9.32. The van der Waals surface area contributed by atoms with Crippen LogP contribution in [0.4, 0.5) is 0 Å². The van der Waals surface area contributed by atoms with Gasteiger partial charge < -0.3 is 5.43 Å². The van der Waals surface area contributed by atoms with E-state index in [9.17, 15) is 4.79 Å². The van der Waals surface area contributed by atoms with Crippen LogP contribution in [0.2, 0.25) is 0 Å². The van der Waals surface area contributed by atoms with Gasteiger partial charge in [0.1, 0.15) is 0 Å². The molecule has 3 nitrogen and oxygen atoms in total. The van der Waals surface area contributed by atoms with Gasteiger partial charge in [0.2, 0.25) is 0 Å². The van der Waals surface area contributed by atoms with Crippen LogP contribution < -0.4 is 5.43 Å². The first-order valence-electron chi connectivity index (χ1n) is 4.81. The van der Waals surface area contributed by atoms with E-state index in [1.54, 1.807) is 11.1 Å². The van der Waals surface area contributed by atoms with Gasteiger partial charge in [0.05, 0.1) is 0 Å². The highest BCUT2D eigenvalue weighted by Crippen LogP contribution is 2.02. The summed E-state index contributed by atoms with van der Waals surface area (Å²) >= 11 is 0. The third-order valence-electron chi connectivity index (χ3n) is 1.81. The van der Waals surface area contributed by atoms with Crippen molar-refractivity contribution in [3.8, 4) is 0 Å². The smallest absolute Gasteiger partial charge is 0.187 e. The first-order chi connectivity index (χ1) is 7.09. The molecule has 0 fully saturated rings. The Balaban J connectivity index is 2.71. The lowest BCUT2D eigenvalue weighted by Gasteiger charge is -2.13. The van der Waals surface area contributed by atoms with Crippen molar-refractivity contribution >= 4 is 5.78 Å². The van der Waals surface area contributed by atoms with E-state index >= 15 is 0 Å². The van der Waals surface area contributed by atoms with Crippen molar-refractivity contribution in [3.63, 3.8) is 0 Å². The fraction of sp³-hybridized carbons (Fsp3) is 0.250. The average molecular weight is 204 g/mol. The maximum atomic E-state index is 11.7. The maximum Gasteiger partial charge on any atom is 0.187 e. The lowest BCUT2D eigenvalue weighted by atomic mass is 10.1. The summed E-state index contributed by atoms with van der Waals surface area (Å²) in [7, 11) is 3.76. The number of hydrazine groups is 1. The number of nitrogens with zero attached hydrogens (tertiary/aromatic N) is 1. The van der Waals surface area contributed by atoms with Gasteiger partial charge in [-0.3, -0.25) is 4.79 Å². The van der Waals surface area contributed by atoms with Crippen molar-refractivity contribution in [2.45, 2.75) is 6.92 Å². The van der Waals surface area contributed by atoms with Crippen LogP contribution in [-0.4, -0.2) is 24.9 Å². The predicted molar refractivity (Wildman–Crippen MR) is 61.4 cm³/mol. The normalized spacial score (nSPS) is 11.6. The highest BCUT2D eigenvalue weighted by atomic mass is 16.1. The van der Waals surface area contributed by atoms with E-state index in [0.717, 1.165) is 5.70 Å². The standard InChI is InChI=1S/C12H16N2O/c1-10(13-14(2)3)9-12(15)11-7-5-4-6-8-11/h4-9,13H,1-3H3. The highest BCUT2D eigenvalue weighted by molar-refractivity contribution is 6.04. The summed E-state index contributed by atoms with van der Waals surface area (Å²) in [5.74, 6) is 0.0162. The minimum atomic E-state index is 0.0162. The van der Waals surface area contributed by atoms with Crippen LogP contribution in [0.25, 0.3) is 0 Å². The molecule has 1 aromatic rings. The fourth-order valence-corrected chi connectivity index (χ4v) is 1.27. The molecule has 0 aliphatic rings. The molecule has 0 heterocycles. The molecule has 0 aliphatic heterocycles. The minimum Gasteiger partial charge on any atom is -0.324 e. The molecule has 0 aromatic heterocycles. The third kappa shape index (κ3) is 3.95. The number of carbonyl (C=O) groups excluding carboxylic acids is 1. The van der Waals surface area contributed by atoms with Crippen LogP contribution >= 0.6 is 0 Å². The molecule has 0 bridgehead atoms. The van der Waals surface area contributed by atoms with Crippen molar-refractivity contribution in [3.05, 3.63) is 47.7 Å². The number of allylic oxidation sites excluding steroid dienone is 2. The second kappa shape index (κ2) is 5.32. The SMILES string of the molecule is CC(=CC(=O)c1ccccc1)NN(C)C. The molecule has 80 valence electrons. The molecule has 3 heteroatoms. The lowest BCUT2D eigenvalue weighted by molar-refractivity contribution is 0.104. The largest absolute Gasteiger partial charge is 0.324 e. The van der Waals surface area contributed by atoms with Crippen molar-refractivity contribution in [1.29, 1.82) is 0 Å². The van der Waals surface area contributed by atoms with Gasteiger partial charge >= 0.3 is 0 Å². The van der Waals surface area contributed by atoms with E-state index in [1.165, 1.54) is 0 Å². The van der Waals surface area contributed by atoms with Crippen LogP contribution in [0.5, 0.6) is 0 Å². The summed E-state index contributed by atoms with van der Waals surface area (Å²) in [6, 6.07) is 9.22. The molecule has 0 aliphatic carbocycles. The second-order valence-corrected chi connectivity index (χ2v) is 3.56. The summed E-state index contributed by atoms with van der Waals surface area (Å²) in [5.41, 5.74) is 4.55. The van der Waals surface area contributed by atoms with Crippen LogP contribution in [0.3, 0.4) is 0 Å². The summed E-state index contributed by atoms with van der Waals surface area (Å²) in [6.45, 7) is 1.86. The fourth-order valence-electron chi connectivity index (χ4n) is 1.27. The second-order valence-electron chi connectivity index (χ2n) is 3.56. The van der Waals surface area contributed by atoms with E-state index in [2.05, 4.69) is 5.43 Å². The molecule has 1 aromatic carbocycles. The number of ketones is 1. The zero-order valence-corrected chi connectivity index (χ0v) is 9.32. The van der Waals surface area contributed by atoms with Gasteiger partial charge in [0, 0.05) is 31.4 Å². The number of hydrogen-bond acceptors (Lipinski definition) is 3. The van der Waals surface area contributed by atoms with Crippen LogP contribution in [0.15, 0.2) is 42.1 Å². The van der Waals surface area contributed by atoms with Gasteiger partial charge in [0.15, 0.2) is 5.78 Å². The molecule has 0 saturated heterocycles. The quantitative estimate of drug-likeness (QED) is 0.461. The van der Waals surface area contributed by atoms with Gasteiger partial charge in [-0.05, 0) is 6.92 Å². The van der Waals surface area contributed by atoms with Crippen molar-refractivity contribution in [2.75, 3.05) is 14.1 Å². The monoisotopic (exact) mass is 204 g/mol. The van der Waals surface area contributed by atoms with Gasteiger partial charge in [-0.25, -0.2) is 5.01 Å². The molecular formula is C12H16N2O. The Bertz CT molecular complexity index is 355. The molecule has 0 unspecified atom stereocenters.